The molecule has 1 aromatic heterocycles. The third-order valence-electron chi connectivity index (χ3n) is 8.73. The van der Waals surface area contributed by atoms with Crippen LogP contribution in [0.3, 0.4) is 0 Å². The topological polar surface area (TPSA) is 66.8 Å². The van der Waals surface area contributed by atoms with Crippen molar-refractivity contribution in [2.24, 2.45) is 4.99 Å². The number of aliphatic imine (C=N–C) groups is 1. The fourth-order valence-electron chi connectivity index (χ4n) is 6.35. The van der Waals surface area contributed by atoms with E-state index in [0.29, 0.717) is 17.3 Å². The number of benzene rings is 2. The first kappa shape index (κ1) is 27.2. The van der Waals surface area contributed by atoms with Crippen molar-refractivity contribution in [2.75, 3.05) is 33.3 Å². The molecule has 1 atom stereocenters. The van der Waals surface area contributed by atoms with Gasteiger partial charge in [-0.3, -0.25) is 9.79 Å². The van der Waals surface area contributed by atoms with Crippen LogP contribution in [0.4, 0.5) is 0 Å². The van der Waals surface area contributed by atoms with Gasteiger partial charge in [-0.2, -0.15) is 0 Å². The number of fused-ring (bicyclic) bond motifs is 1. The molecule has 40 heavy (non-hydrogen) atoms. The molecule has 1 N–H and O–H groups in total. The first-order valence-electron chi connectivity index (χ1n) is 14.9. The van der Waals surface area contributed by atoms with Crippen LogP contribution in [-0.4, -0.2) is 55.3 Å². The van der Waals surface area contributed by atoms with Crippen molar-refractivity contribution >= 4 is 23.5 Å². The molecule has 1 fully saturated rings. The van der Waals surface area contributed by atoms with E-state index in [1.807, 2.05) is 20.2 Å². The third kappa shape index (κ3) is 6.01. The second kappa shape index (κ2) is 12.2. The van der Waals surface area contributed by atoms with Crippen molar-refractivity contribution in [3.8, 4) is 16.3 Å². The normalized spacial score (nSPS) is 18.9. The monoisotopic (exact) mass is 556 g/mol. The number of aromatic nitrogens is 1. The van der Waals surface area contributed by atoms with Crippen LogP contribution in [0.15, 0.2) is 41.4 Å². The van der Waals surface area contributed by atoms with Gasteiger partial charge >= 0.3 is 0 Å². The Hall–Kier alpha value is -3.03. The molecule has 0 radical (unpaired) electrons. The van der Waals surface area contributed by atoms with Gasteiger partial charge in [-0.25, -0.2) is 4.98 Å². The third-order valence-corrected chi connectivity index (χ3v) is 9.93. The van der Waals surface area contributed by atoms with E-state index in [0.717, 1.165) is 55.2 Å². The molecule has 1 aliphatic carbocycles. The van der Waals surface area contributed by atoms with Gasteiger partial charge in [0.05, 0.1) is 12.8 Å². The second-order valence-corrected chi connectivity index (χ2v) is 12.4. The first-order chi connectivity index (χ1) is 19.6. The van der Waals surface area contributed by atoms with E-state index in [1.165, 1.54) is 71.4 Å². The van der Waals surface area contributed by atoms with Crippen molar-refractivity contribution in [3.05, 3.63) is 69.2 Å². The van der Waals surface area contributed by atoms with E-state index >= 15 is 0 Å². The number of amides is 1. The molecule has 7 heteroatoms. The molecule has 0 spiro atoms. The van der Waals surface area contributed by atoms with Gasteiger partial charge in [-0.15, -0.1) is 11.3 Å². The number of aryl methyl sites for hydroxylation is 2. The van der Waals surface area contributed by atoms with E-state index in [4.69, 9.17) is 4.74 Å². The highest BCUT2D eigenvalue weighted by atomic mass is 32.1. The molecule has 3 heterocycles. The second-order valence-electron chi connectivity index (χ2n) is 11.4. The van der Waals surface area contributed by atoms with Crippen molar-refractivity contribution in [3.63, 3.8) is 0 Å². The van der Waals surface area contributed by atoms with Gasteiger partial charge in [-0.1, -0.05) is 36.4 Å². The summed E-state index contributed by atoms with van der Waals surface area (Å²) in [5, 5.41) is 4.01. The molecule has 6 nitrogen and oxygen atoms in total. The zero-order valence-electron chi connectivity index (χ0n) is 23.7. The van der Waals surface area contributed by atoms with Crippen LogP contribution in [0.2, 0.25) is 0 Å². The molecular weight excluding hydrogens is 516 g/mol. The Morgan fingerprint density at radius 3 is 2.60 bits per heavy atom. The SMILES string of the molecule is COc1c(C2CCN(CCCCNC(=O)c3sc(-c4ccc(C5C=N5)cc4)nc3C)CC2)ccc2c1CCCC2. The average Bonchev–Trinajstić information content (AvgIpc) is 3.77. The number of thiazole rings is 1. The minimum absolute atomic E-state index is 0.0101. The average molecular weight is 557 g/mol. The number of nitrogens with zero attached hydrogens (tertiary/aromatic N) is 3. The highest BCUT2D eigenvalue weighted by Crippen LogP contribution is 2.40. The van der Waals surface area contributed by atoms with E-state index < -0.39 is 0 Å². The lowest BCUT2D eigenvalue weighted by atomic mass is 9.83. The summed E-state index contributed by atoms with van der Waals surface area (Å²) >= 11 is 1.47. The Bertz CT molecular complexity index is 1370. The van der Waals surface area contributed by atoms with Crippen LogP contribution in [0, 0.1) is 6.92 Å². The molecule has 3 aliphatic rings. The predicted octanol–water partition coefficient (Wildman–Crippen LogP) is 6.52. The number of carbonyl (C=O) groups is 1. The largest absolute Gasteiger partial charge is 0.496 e. The number of hydrogen-bond donors (Lipinski definition) is 1. The lowest BCUT2D eigenvalue weighted by Crippen LogP contribution is -2.34. The molecule has 2 aliphatic heterocycles. The Morgan fingerprint density at radius 1 is 1.07 bits per heavy atom. The summed E-state index contributed by atoms with van der Waals surface area (Å²) in [6.07, 6.45) is 11.3. The van der Waals surface area contributed by atoms with Crippen molar-refractivity contribution in [1.29, 1.82) is 0 Å². The van der Waals surface area contributed by atoms with Gasteiger partial charge in [0.15, 0.2) is 0 Å². The minimum atomic E-state index is -0.0101. The standard InChI is InChI=1S/C33H40N4O2S/c1-22-31(40-33(36-22)26-11-9-25(10-12-26)29-21-35-29)32(38)34-17-5-6-18-37-19-15-24(16-20-37)28-14-13-23-7-3-4-8-27(23)30(28)39-2/h9-14,21,24,29H,3-8,15-20H2,1-2H3,(H,34,38). The van der Waals surface area contributed by atoms with Gasteiger partial charge in [0.1, 0.15) is 21.7 Å². The maximum absolute atomic E-state index is 12.9. The predicted molar refractivity (Wildman–Crippen MR) is 163 cm³/mol. The molecule has 1 amide bonds. The van der Waals surface area contributed by atoms with Crippen LogP contribution in [0.5, 0.6) is 5.75 Å². The van der Waals surface area contributed by atoms with Gasteiger partial charge in [0, 0.05) is 18.3 Å². The summed E-state index contributed by atoms with van der Waals surface area (Å²) in [5.41, 5.74) is 7.44. The van der Waals surface area contributed by atoms with Crippen molar-refractivity contribution in [1.82, 2.24) is 15.2 Å². The van der Waals surface area contributed by atoms with Crippen LogP contribution in [0.25, 0.3) is 10.6 Å². The lowest BCUT2D eigenvalue weighted by molar-refractivity contribution is 0.0955. The quantitative estimate of drug-likeness (QED) is 0.289. The smallest absolute Gasteiger partial charge is 0.263 e. The summed E-state index contributed by atoms with van der Waals surface area (Å²) in [4.78, 5) is 25.0. The molecule has 2 aromatic carbocycles. The summed E-state index contributed by atoms with van der Waals surface area (Å²) in [7, 11) is 1.85. The number of carbonyl (C=O) groups excluding carboxylic acids is 1. The zero-order chi connectivity index (χ0) is 27.5. The number of rotatable bonds is 10. The van der Waals surface area contributed by atoms with Gasteiger partial charge in [0.25, 0.3) is 5.91 Å². The van der Waals surface area contributed by atoms with Crippen LogP contribution in [0.1, 0.15) is 88.1 Å². The number of unbranched alkanes of at least 4 members (excludes halogenated alkanes) is 1. The highest BCUT2D eigenvalue weighted by Gasteiger charge is 2.26. The number of methoxy groups -OCH3 is 1. The van der Waals surface area contributed by atoms with Crippen LogP contribution < -0.4 is 10.1 Å². The summed E-state index contributed by atoms with van der Waals surface area (Å²) in [6.45, 7) is 5.98. The summed E-state index contributed by atoms with van der Waals surface area (Å²) in [6, 6.07) is 13.3. The Balaban J connectivity index is 0.930. The van der Waals surface area contributed by atoms with E-state index in [1.54, 1.807) is 0 Å². The lowest BCUT2D eigenvalue weighted by Gasteiger charge is -2.33. The van der Waals surface area contributed by atoms with Gasteiger partial charge in [-0.05, 0) is 106 Å². The van der Waals surface area contributed by atoms with E-state index in [2.05, 4.69) is 56.6 Å². The summed E-state index contributed by atoms with van der Waals surface area (Å²) in [5.74, 6) is 1.76. The van der Waals surface area contributed by atoms with E-state index in [-0.39, 0.29) is 11.9 Å². The van der Waals surface area contributed by atoms with Crippen LogP contribution in [-0.2, 0) is 12.8 Å². The number of hydrogen-bond acceptors (Lipinski definition) is 6. The van der Waals surface area contributed by atoms with Gasteiger partial charge < -0.3 is 15.0 Å². The fourth-order valence-corrected chi connectivity index (χ4v) is 7.34. The first-order valence-corrected chi connectivity index (χ1v) is 15.7. The van der Waals surface area contributed by atoms with Crippen molar-refractivity contribution < 1.29 is 9.53 Å². The fraction of sp³-hybridized carbons (Fsp3) is 0.485. The molecule has 0 bridgehead atoms. The zero-order valence-corrected chi connectivity index (χ0v) is 24.6. The molecule has 0 saturated carbocycles. The molecule has 1 unspecified atom stereocenters. The Kier molecular flexibility index (Phi) is 8.30. The molecular formula is C33H40N4O2S. The number of ether oxygens (including phenoxy) is 1. The number of likely N-dealkylation sites (tertiary alicyclic amines) is 1. The highest BCUT2D eigenvalue weighted by molar-refractivity contribution is 7.17. The molecule has 3 aromatic rings. The molecule has 6 rings (SSSR count). The van der Waals surface area contributed by atoms with Gasteiger partial charge in [0.2, 0.25) is 0 Å². The number of nitrogens with one attached hydrogen (secondary N) is 1. The van der Waals surface area contributed by atoms with Crippen molar-refractivity contribution in [2.45, 2.75) is 70.3 Å². The number of piperidine rings is 1. The maximum atomic E-state index is 12.9. The Morgan fingerprint density at radius 2 is 1.85 bits per heavy atom. The maximum Gasteiger partial charge on any atom is 0.263 e. The van der Waals surface area contributed by atoms with E-state index in [9.17, 15) is 4.79 Å². The minimum Gasteiger partial charge on any atom is -0.496 e. The molecule has 1 saturated heterocycles. The molecule has 210 valence electrons. The summed E-state index contributed by atoms with van der Waals surface area (Å²) < 4.78 is 5.96. The Labute approximate surface area is 241 Å². The van der Waals surface area contributed by atoms with Crippen LogP contribution >= 0.6 is 11.3 Å².